The van der Waals surface area contributed by atoms with Crippen molar-refractivity contribution in [1.29, 1.82) is 0 Å². The minimum absolute atomic E-state index is 0. The van der Waals surface area contributed by atoms with Crippen LogP contribution in [0.1, 0.15) is 54.1 Å². The number of imidazole rings is 1. The largest absolute Gasteiger partial charge is 0 e. The van der Waals surface area contributed by atoms with Gasteiger partial charge in [0.05, 0.1) is 28.6 Å². The van der Waals surface area contributed by atoms with Gasteiger partial charge in [-0.3, -0.25) is 9.97 Å². The number of hydrogen-bond acceptors (Lipinski definition) is 4. The summed E-state index contributed by atoms with van der Waals surface area (Å²) < 4.78 is 27.0. The predicted octanol–water partition coefficient (Wildman–Crippen LogP) is 13.3. The number of hydrogen-bond donors (Lipinski definition) is 0. The summed E-state index contributed by atoms with van der Waals surface area (Å²) in [5.41, 5.74) is 12.6. The summed E-state index contributed by atoms with van der Waals surface area (Å²) in [7, 11) is 0. The van der Waals surface area contributed by atoms with E-state index in [-0.39, 0.29) is 31.4 Å². The van der Waals surface area contributed by atoms with Gasteiger partial charge in [0.2, 0.25) is 0 Å². The third-order valence-corrected chi connectivity index (χ3v) is 14.9. The summed E-state index contributed by atoms with van der Waals surface area (Å²) in [4.78, 5) is 14.2. The second-order valence-electron chi connectivity index (χ2n) is 17.6. The predicted molar refractivity (Wildman–Crippen MR) is 249 cm³/mol. The van der Waals surface area contributed by atoms with Crippen molar-refractivity contribution >= 4 is 50.6 Å². The zero-order valence-corrected chi connectivity index (χ0v) is 40.3. The quantitative estimate of drug-likeness (QED) is 0.118. The summed E-state index contributed by atoms with van der Waals surface area (Å²) >= 11 is -2.20. The number of pyridine rings is 2. The van der Waals surface area contributed by atoms with Crippen LogP contribution in [-0.2, 0) is 31.9 Å². The molecule has 0 spiro atoms. The van der Waals surface area contributed by atoms with Crippen molar-refractivity contribution < 1.29 is 27.3 Å². The fraction of sp³-hybridized carbons (Fsp3) is 0.226. The van der Waals surface area contributed by atoms with E-state index in [9.17, 15) is 0 Å². The monoisotopic (exact) mass is 1030 g/mol. The van der Waals surface area contributed by atoms with E-state index < -0.39 is 19.6 Å². The van der Waals surface area contributed by atoms with Gasteiger partial charge in [-0.25, -0.2) is 0 Å². The first kappa shape index (κ1) is 40.3. The van der Waals surface area contributed by atoms with Crippen LogP contribution in [0.5, 0.6) is 0 Å². The molecular formula is C53H52GeIrN4O-2. The number of aromatic nitrogens is 4. The molecule has 60 heavy (non-hydrogen) atoms. The molecule has 5 nitrogen and oxygen atoms in total. The smallest absolute Gasteiger partial charge is 0 e. The first-order chi connectivity index (χ1) is 29.0. The van der Waals surface area contributed by atoms with Crippen LogP contribution in [0.3, 0.4) is 0 Å². The first-order valence-electron chi connectivity index (χ1n) is 21.4. The van der Waals surface area contributed by atoms with Gasteiger partial charge in [0.15, 0.2) is 0 Å². The molecule has 0 aliphatic heterocycles. The van der Waals surface area contributed by atoms with Crippen LogP contribution in [0.4, 0.5) is 0 Å². The molecule has 0 fully saturated rings. The summed E-state index contributed by atoms with van der Waals surface area (Å²) in [6, 6.07) is 45.8. The van der Waals surface area contributed by atoms with Gasteiger partial charge in [0, 0.05) is 37.4 Å². The van der Waals surface area contributed by atoms with Crippen molar-refractivity contribution in [3.63, 3.8) is 0 Å². The molecule has 9 aromatic rings. The zero-order valence-electron chi connectivity index (χ0n) is 37.8. The van der Waals surface area contributed by atoms with Crippen molar-refractivity contribution in [3.05, 3.63) is 163 Å². The second kappa shape index (κ2) is 17.5. The minimum Gasteiger partial charge on any atom is 0 e. The van der Waals surface area contributed by atoms with Crippen LogP contribution in [0, 0.1) is 25.0 Å². The standard InChI is InChI=1S/C35H28N3O.C18H24GeN.Ir/c1-22-14-16-26(33-32(22)25-12-8-9-13-31(25)39-33)34-37-28-18-19-36-21-30(28)38(34)29-17-15-24(20-27(29)35(2,3)4)23-10-6-5-7-11-23;1-14(2)11-16-12-18(15-9-7-6-8-10-15)20-13-17(16)19(3,4)5;/h5-15,17-21H,1-4H3;6-9,12-14H,11H2,1-5H3;/q2*-1;/i;11D2;. The molecule has 1 radical (unpaired) electrons. The van der Waals surface area contributed by atoms with E-state index in [4.69, 9.17) is 12.1 Å². The van der Waals surface area contributed by atoms with E-state index in [0.717, 1.165) is 76.8 Å². The van der Waals surface area contributed by atoms with Crippen molar-refractivity contribution in [1.82, 2.24) is 19.5 Å². The van der Waals surface area contributed by atoms with E-state index in [1.807, 2.05) is 80.8 Å². The molecule has 4 heterocycles. The number of fused-ring (bicyclic) bond motifs is 4. The zero-order chi connectivity index (χ0) is 43.3. The molecule has 4 aromatic heterocycles. The summed E-state index contributed by atoms with van der Waals surface area (Å²) in [5, 5.41) is 2.21. The normalized spacial score (nSPS) is 12.6. The Balaban J connectivity index is 0.000000215. The van der Waals surface area contributed by atoms with Crippen LogP contribution in [0.2, 0.25) is 17.3 Å². The molecule has 0 amide bonds. The van der Waals surface area contributed by atoms with Crippen molar-refractivity contribution in [2.24, 2.45) is 5.92 Å². The molecule has 0 atom stereocenters. The van der Waals surface area contributed by atoms with E-state index in [1.54, 1.807) is 6.20 Å². The number of para-hydroxylation sites is 1. The third-order valence-electron chi connectivity index (χ3n) is 10.6. The Bertz CT molecular complexity index is 3020. The summed E-state index contributed by atoms with van der Waals surface area (Å²) in [6.07, 6.45) is 4.25. The molecule has 0 saturated carbocycles. The molecule has 0 unspecified atom stereocenters. The number of aryl methyl sites for hydroxylation is 1. The van der Waals surface area contributed by atoms with E-state index in [0.29, 0.717) is 0 Å². The molecule has 305 valence electrons. The second-order valence-corrected chi connectivity index (χ2v) is 28.1. The fourth-order valence-corrected chi connectivity index (χ4v) is 10.7. The fourth-order valence-electron chi connectivity index (χ4n) is 7.76. The van der Waals surface area contributed by atoms with Gasteiger partial charge in [-0.2, -0.15) is 0 Å². The Morgan fingerprint density at radius 2 is 1.60 bits per heavy atom. The van der Waals surface area contributed by atoms with Gasteiger partial charge in [0.25, 0.3) is 0 Å². The molecule has 0 aliphatic carbocycles. The van der Waals surface area contributed by atoms with Gasteiger partial charge in [-0.05, 0) is 46.4 Å². The molecule has 7 heteroatoms. The molecule has 0 saturated heterocycles. The van der Waals surface area contributed by atoms with Gasteiger partial charge in [-0.1, -0.05) is 93.2 Å². The Hall–Kier alpha value is -5.14. The molecule has 9 rings (SSSR count). The maximum atomic E-state index is 8.56. The molecular weight excluding hydrogens is 973 g/mol. The summed E-state index contributed by atoms with van der Waals surface area (Å²) in [5.74, 6) is 7.56. The van der Waals surface area contributed by atoms with Crippen molar-refractivity contribution in [3.8, 4) is 39.5 Å². The molecule has 0 aliphatic rings. The Kier molecular flexibility index (Phi) is 11.7. The number of furan rings is 1. The Morgan fingerprint density at radius 1 is 0.850 bits per heavy atom. The van der Waals surface area contributed by atoms with Gasteiger partial charge in [0.1, 0.15) is 5.58 Å². The van der Waals surface area contributed by atoms with Crippen LogP contribution in [0.25, 0.3) is 72.4 Å². The van der Waals surface area contributed by atoms with Gasteiger partial charge in [-0.15, -0.1) is 17.7 Å². The van der Waals surface area contributed by atoms with E-state index in [2.05, 4.69) is 132 Å². The number of benzene rings is 5. The average Bonchev–Trinajstić information content (AvgIpc) is 3.83. The van der Waals surface area contributed by atoms with E-state index in [1.165, 1.54) is 16.7 Å². The van der Waals surface area contributed by atoms with Crippen LogP contribution < -0.4 is 4.40 Å². The maximum Gasteiger partial charge on any atom is 0 e. The Morgan fingerprint density at radius 3 is 2.32 bits per heavy atom. The third kappa shape index (κ3) is 8.70. The maximum absolute atomic E-state index is 8.56. The van der Waals surface area contributed by atoms with E-state index >= 15 is 0 Å². The number of rotatable bonds is 7. The molecule has 0 N–H and O–H groups in total. The van der Waals surface area contributed by atoms with Crippen molar-refractivity contribution in [2.45, 2.75) is 70.6 Å². The summed E-state index contributed by atoms with van der Waals surface area (Å²) in [6.45, 7) is 12.8. The number of nitrogens with zero attached hydrogens (tertiary/aromatic N) is 4. The van der Waals surface area contributed by atoms with Gasteiger partial charge < -0.3 is 8.98 Å². The Labute approximate surface area is 373 Å². The van der Waals surface area contributed by atoms with Crippen molar-refractivity contribution in [2.75, 3.05) is 0 Å². The first-order valence-corrected chi connectivity index (χ1v) is 27.7. The average molecular weight is 1030 g/mol. The minimum atomic E-state index is -2.20. The van der Waals surface area contributed by atoms with Crippen LogP contribution in [0.15, 0.2) is 138 Å². The van der Waals surface area contributed by atoms with Gasteiger partial charge >= 0.3 is 128 Å². The molecule has 0 bridgehead atoms. The SMILES string of the molecule is Cc1c[c-]c(-c2nc3ccncc3n2-c2ccc(-c3ccccc3)cc2C(C)(C)C)c2oc3ccccc3c12.[2H]C([2H])(c1cc(-c2[c-]cccc2)nc[c]1[Ge]([CH3])([CH3])[CH3])C(C)C.[Ir]. The topological polar surface area (TPSA) is 56.7 Å². The van der Waals surface area contributed by atoms with Crippen LogP contribution >= 0.6 is 0 Å². The molecule has 5 aromatic carbocycles. The van der Waals surface area contributed by atoms with Crippen LogP contribution in [-0.4, -0.2) is 32.8 Å².